The molecule has 0 aliphatic heterocycles. The molecular formula is C15H16BrN3O. The molecule has 20 heavy (non-hydrogen) atoms. The maximum absolute atomic E-state index is 12.1. The Balaban J connectivity index is 2.11. The minimum absolute atomic E-state index is 0.0255. The number of anilines is 1. The fourth-order valence-corrected chi connectivity index (χ4v) is 1.84. The molecule has 2 heterocycles. The van der Waals surface area contributed by atoms with E-state index in [0.717, 1.165) is 10.2 Å². The van der Waals surface area contributed by atoms with Gasteiger partial charge in [-0.1, -0.05) is 20.8 Å². The van der Waals surface area contributed by atoms with Gasteiger partial charge in [0.2, 0.25) is 0 Å². The Labute approximate surface area is 126 Å². The Bertz CT molecular complexity index is 601. The number of hydrogen-bond donors (Lipinski definition) is 1. The lowest BCUT2D eigenvalue weighted by molar-refractivity contribution is 0.102. The van der Waals surface area contributed by atoms with Crippen molar-refractivity contribution in [1.29, 1.82) is 0 Å². The van der Waals surface area contributed by atoms with Crippen LogP contribution in [0.2, 0.25) is 0 Å². The normalized spacial score (nSPS) is 11.2. The summed E-state index contributed by atoms with van der Waals surface area (Å²) in [5.74, 6) is 0.297. The highest BCUT2D eigenvalue weighted by atomic mass is 79.9. The van der Waals surface area contributed by atoms with E-state index in [1.165, 1.54) is 0 Å². The van der Waals surface area contributed by atoms with Crippen molar-refractivity contribution < 1.29 is 4.79 Å². The molecule has 0 aromatic carbocycles. The van der Waals surface area contributed by atoms with Gasteiger partial charge < -0.3 is 5.32 Å². The minimum Gasteiger partial charge on any atom is -0.307 e. The first-order valence-corrected chi connectivity index (χ1v) is 7.05. The van der Waals surface area contributed by atoms with Gasteiger partial charge in [-0.2, -0.15) is 0 Å². The number of rotatable bonds is 2. The largest absolute Gasteiger partial charge is 0.307 e. The SMILES string of the molecule is CC(C)(C)c1ccc(C(=O)Nc2ccc(Br)cn2)cn1. The van der Waals surface area contributed by atoms with Crippen molar-refractivity contribution >= 4 is 27.7 Å². The van der Waals surface area contributed by atoms with E-state index in [1.54, 1.807) is 24.5 Å². The Morgan fingerprint density at radius 1 is 1.10 bits per heavy atom. The van der Waals surface area contributed by atoms with Crippen LogP contribution in [0.4, 0.5) is 5.82 Å². The molecule has 2 aromatic rings. The van der Waals surface area contributed by atoms with Gasteiger partial charge >= 0.3 is 0 Å². The average Bonchev–Trinajstić information content (AvgIpc) is 2.40. The molecule has 0 saturated carbocycles. The van der Waals surface area contributed by atoms with E-state index in [1.807, 2.05) is 12.1 Å². The molecule has 2 rings (SSSR count). The molecular weight excluding hydrogens is 318 g/mol. The van der Waals surface area contributed by atoms with Crippen LogP contribution in [0.5, 0.6) is 0 Å². The predicted molar refractivity (Wildman–Crippen MR) is 82.8 cm³/mol. The molecule has 0 radical (unpaired) electrons. The third kappa shape index (κ3) is 3.63. The number of aromatic nitrogens is 2. The first-order valence-electron chi connectivity index (χ1n) is 6.26. The Morgan fingerprint density at radius 3 is 2.35 bits per heavy atom. The average molecular weight is 334 g/mol. The fourth-order valence-electron chi connectivity index (χ4n) is 1.61. The topological polar surface area (TPSA) is 54.9 Å². The molecule has 0 fully saturated rings. The van der Waals surface area contributed by atoms with Gasteiger partial charge in [-0.15, -0.1) is 0 Å². The van der Waals surface area contributed by atoms with Crippen LogP contribution in [0, 0.1) is 0 Å². The summed E-state index contributed by atoms with van der Waals surface area (Å²) < 4.78 is 0.867. The summed E-state index contributed by atoms with van der Waals surface area (Å²) in [5, 5.41) is 2.73. The van der Waals surface area contributed by atoms with Crippen LogP contribution in [0.1, 0.15) is 36.8 Å². The maximum atomic E-state index is 12.1. The third-order valence-corrected chi connectivity index (χ3v) is 3.23. The van der Waals surface area contributed by atoms with Gasteiger partial charge in [0.25, 0.3) is 5.91 Å². The van der Waals surface area contributed by atoms with Gasteiger partial charge in [0.1, 0.15) is 5.82 Å². The highest BCUT2D eigenvalue weighted by Crippen LogP contribution is 2.20. The second kappa shape index (κ2) is 5.71. The van der Waals surface area contributed by atoms with Gasteiger partial charge in [0, 0.05) is 28.0 Å². The van der Waals surface area contributed by atoms with Crippen molar-refractivity contribution in [1.82, 2.24) is 9.97 Å². The van der Waals surface area contributed by atoms with E-state index < -0.39 is 0 Å². The van der Waals surface area contributed by atoms with Crippen molar-refractivity contribution in [2.45, 2.75) is 26.2 Å². The molecule has 0 atom stereocenters. The second-order valence-electron chi connectivity index (χ2n) is 5.50. The summed E-state index contributed by atoms with van der Waals surface area (Å²) in [5.41, 5.74) is 1.45. The molecule has 5 heteroatoms. The number of nitrogens with one attached hydrogen (secondary N) is 1. The lowest BCUT2D eigenvalue weighted by Gasteiger charge is -2.17. The fraction of sp³-hybridized carbons (Fsp3) is 0.267. The van der Waals surface area contributed by atoms with Crippen LogP contribution in [0.25, 0.3) is 0 Å². The van der Waals surface area contributed by atoms with E-state index in [4.69, 9.17) is 0 Å². The summed E-state index contributed by atoms with van der Waals surface area (Å²) in [6.07, 6.45) is 3.23. The van der Waals surface area contributed by atoms with Crippen molar-refractivity contribution in [3.63, 3.8) is 0 Å². The highest BCUT2D eigenvalue weighted by molar-refractivity contribution is 9.10. The Morgan fingerprint density at radius 2 is 1.85 bits per heavy atom. The van der Waals surface area contributed by atoms with E-state index in [0.29, 0.717) is 11.4 Å². The number of carbonyl (C=O) groups excluding carboxylic acids is 1. The smallest absolute Gasteiger partial charge is 0.258 e. The molecule has 0 aliphatic rings. The van der Waals surface area contributed by atoms with Gasteiger partial charge in [0.15, 0.2) is 0 Å². The number of pyridine rings is 2. The van der Waals surface area contributed by atoms with Crippen molar-refractivity contribution in [3.8, 4) is 0 Å². The maximum Gasteiger partial charge on any atom is 0.258 e. The zero-order valence-electron chi connectivity index (χ0n) is 11.6. The molecule has 0 unspecified atom stereocenters. The van der Waals surface area contributed by atoms with Crippen LogP contribution in [-0.4, -0.2) is 15.9 Å². The van der Waals surface area contributed by atoms with Gasteiger partial charge in [-0.05, 0) is 40.2 Å². The first kappa shape index (κ1) is 14.7. The number of amides is 1. The zero-order valence-corrected chi connectivity index (χ0v) is 13.2. The zero-order chi connectivity index (χ0) is 14.8. The quantitative estimate of drug-likeness (QED) is 0.909. The van der Waals surface area contributed by atoms with Crippen LogP contribution in [-0.2, 0) is 5.41 Å². The van der Waals surface area contributed by atoms with E-state index in [2.05, 4.69) is 52.0 Å². The second-order valence-corrected chi connectivity index (χ2v) is 6.41. The van der Waals surface area contributed by atoms with E-state index >= 15 is 0 Å². The molecule has 2 aromatic heterocycles. The number of carbonyl (C=O) groups is 1. The van der Waals surface area contributed by atoms with Crippen LogP contribution >= 0.6 is 15.9 Å². The molecule has 1 amide bonds. The number of nitrogens with zero attached hydrogens (tertiary/aromatic N) is 2. The van der Waals surface area contributed by atoms with Gasteiger partial charge in [0.05, 0.1) is 5.56 Å². The summed E-state index contributed by atoms with van der Waals surface area (Å²) in [7, 11) is 0. The Hall–Kier alpha value is -1.75. The summed E-state index contributed by atoms with van der Waals surface area (Å²) in [6, 6.07) is 7.22. The summed E-state index contributed by atoms with van der Waals surface area (Å²) in [6.45, 7) is 6.25. The molecule has 104 valence electrons. The number of hydrogen-bond acceptors (Lipinski definition) is 3. The summed E-state index contributed by atoms with van der Waals surface area (Å²) >= 11 is 3.30. The molecule has 0 bridgehead atoms. The highest BCUT2D eigenvalue weighted by Gasteiger charge is 2.16. The number of halogens is 1. The lowest BCUT2D eigenvalue weighted by atomic mass is 9.91. The monoisotopic (exact) mass is 333 g/mol. The molecule has 0 spiro atoms. The van der Waals surface area contributed by atoms with Gasteiger partial charge in [-0.3, -0.25) is 9.78 Å². The van der Waals surface area contributed by atoms with E-state index in [-0.39, 0.29) is 11.3 Å². The van der Waals surface area contributed by atoms with Crippen LogP contribution < -0.4 is 5.32 Å². The molecule has 4 nitrogen and oxygen atoms in total. The lowest BCUT2D eigenvalue weighted by Crippen LogP contribution is -2.16. The van der Waals surface area contributed by atoms with Crippen LogP contribution in [0.3, 0.4) is 0 Å². The molecule has 0 saturated heterocycles. The molecule has 1 N–H and O–H groups in total. The van der Waals surface area contributed by atoms with E-state index in [9.17, 15) is 4.79 Å². The van der Waals surface area contributed by atoms with Crippen LogP contribution in [0.15, 0.2) is 41.1 Å². The summed E-state index contributed by atoms with van der Waals surface area (Å²) in [4.78, 5) is 20.5. The third-order valence-electron chi connectivity index (χ3n) is 2.76. The standard InChI is InChI=1S/C15H16BrN3O/c1-15(2,3)12-6-4-10(8-17-12)14(20)19-13-7-5-11(16)9-18-13/h4-9H,1-3H3,(H,18,19,20). The Kier molecular flexibility index (Phi) is 4.18. The minimum atomic E-state index is -0.215. The van der Waals surface area contributed by atoms with Crippen molar-refractivity contribution in [2.24, 2.45) is 0 Å². The molecule has 0 aliphatic carbocycles. The van der Waals surface area contributed by atoms with Crippen molar-refractivity contribution in [2.75, 3.05) is 5.32 Å². The predicted octanol–water partition coefficient (Wildman–Crippen LogP) is 3.79. The first-order chi connectivity index (χ1) is 9.36. The van der Waals surface area contributed by atoms with Gasteiger partial charge in [-0.25, -0.2) is 4.98 Å². The van der Waals surface area contributed by atoms with Crippen molar-refractivity contribution in [3.05, 3.63) is 52.4 Å².